The van der Waals surface area contributed by atoms with Gasteiger partial charge >= 0.3 is 5.69 Å². The average Bonchev–Trinajstić information content (AvgIpc) is 2.15. The maximum absolute atomic E-state index is 11.4. The van der Waals surface area contributed by atoms with Gasteiger partial charge in [-0.2, -0.15) is 0 Å². The Kier molecular flexibility index (Phi) is 4.58. The van der Waals surface area contributed by atoms with Crippen LogP contribution in [0.25, 0.3) is 0 Å². The average molecular weight is 233 g/mol. The molecule has 1 rings (SSSR count). The van der Waals surface area contributed by atoms with Gasteiger partial charge in [0.05, 0.1) is 0 Å². The van der Waals surface area contributed by atoms with Crippen molar-refractivity contribution in [1.29, 1.82) is 0 Å². The van der Waals surface area contributed by atoms with E-state index in [0.29, 0.717) is 13.2 Å². The molecule has 5 nitrogen and oxygen atoms in total. The van der Waals surface area contributed by atoms with Gasteiger partial charge in [-0.25, -0.2) is 4.79 Å². The highest BCUT2D eigenvalue weighted by molar-refractivity contribution is 6.29. The predicted molar refractivity (Wildman–Crippen MR) is 57.4 cm³/mol. The van der Waals surface area contributed by atoms with E-state index in [9.17, 15) is 9.59 Å². The van der Waals surface area contributed by atoms with Crippen LogP contribution in [-0.4, -0.2) is 23.3 Å². The van der Waals surface area contributed by atoms with Crippen LogP contribution in [0.5, 0.6) is 0 Å². The molecule has 0 spiro atoms. The third kappa shape index (κ3) is 3.53. The van der Waals surface area contributed by atoms with Crippen LogP contribution in [0.3, 0.4) is 0 Å². The highest BCUT2D eigenvalue weighted by Crippen LogP contribution is 1.95. The number of H-pyrrole nitrogens is 1. The molecule has 0 radical (unpaired) electrons. The lowest BCUT2D eigenvalue weighted by molar-refractivity contribution is 0.191. The second kappa shape index (κ2) is 5.72. The van der Waals surface area contributed by atoms with Crippen molar-refractivity contribution in [2.24, 2.45) is 0 Å². The minimum absolute atomic E-state index is 0.0677. The number of halogens is 1. The molecule has 84 valence electrons. The first-order valence-corrected chi connectivity index (χ1v) is 5.01. The van der Waals surface area contributed by atoms with E-state index in [-0.39, 0.29) is 10.7 Å². The number of nitrogens with zero attached hydrogens (tertiary/aromatic N) is 1. The Labute approximate surface area is 91.6 Å². The number of rotatable bonds is 5. The van der Waals surface area contributed by atoms with E-state index < -0.39 is 5.69 Å². The number of aromatic amines is 1. The first kappa shape index (κ1) is 12.0. The first-order valence-electron chi connectivity index (χ1n) is 4.63. The number of ether oxygens (including phenoxy) is 1. The molecule has 0 unspecified atom stereocenters. The van der Waals surface area contributed by atoms with E-state index in [1.165, 1.54) is 6.07 Å². The molecule has 1 aromatic rings. The lowest BCUT2D eigenvalue weighted by Crippen LogP contribution is -2.34. The summed E-state index contributed by atoms with van der Waals surface area (Å²) in [7, 11) is 1.61. The normalized spacial score (nSPS) is 10.5. The SMILES string of the molecule is COCCCCn1c(=O)cc(Cl)[nH]c1=O. The molecule has 1 aromatic heterocycles. The monoisotopic (exact) mass is 232 g/mol. The molecule has 0 aliphatic heterocycles. The summed E-state index contributed by atoms with van der Waals surface area (Å²) in [4.78, 5) is 25.0. The summed E-state index contributed by atoms with van der Waals surface area (Å²) < 4.78 is 5.99. The van der Waals surface area contributed by atoms with Crippen molar-refractivity contribution in [1.82, 2.24) is 9.55 Å². The van der Waals surface area contributed by atoms with Gasteiger partial charge < -0.3 is 4.74 Å². The largest absolute Gasteiger partial charge is 0.385 e. The fourth-order valence-electron chi connectivity index (χ4n) is 1.22. The molecule has 0 atom stereocenters. The Balaban J connectivity index is 2.69. The third-order valence-electron chi connectivity index (χ3n) is 1.97. The maximum Gasteiger partial charge on any atom is 0.329 e. The van der Waals surface area contributed by atoms with Crippen molar-refractivity contribution >= 4 is 11.6 Å². The Morgan fingerprint density at radius 3 is 2.80 bits per heavy atom. The standard InChI is InChI=1S/C9H13ClN2O3/c1-15-5-3-2-4-12-8(13)6-7(10)11-9(12)14/h6H,2-5H2,1H3,(H,11,14). The van der Waals surface area contributed by atoms with Crippen LogP contribution in [0.1, 0.15) is 12.8 Å². The summed E-state index contributed by atoms with van der Waals surface area (Å²) in [6.45, 7) is 1.01. The van der Waals surface area contributed by atoms with E-state index in [4.69, 9.17) is 16.3 Å². The fraction of sp³-hybridized carbons (Fsp3) is 0.556. The van der Waals surface area contributed by atoms with Gasteiger partial charge in [-0.3, -0.25) is 14.3 Å². The summed E-state index contributed by atoms with van der Waals surface area (Å²) in [6, 6.07) is 1.19. The van der Waals surface area contributed by atoms with Gasteiger partial charge in [-0.15, -0.1) is 0 Å². The van der Waals surface area contributed by atoms with Gasteiger partial charge in [0.2, 0.25) is 0 Å². The number of aromatic nitrogens is 2. The molecule has 0 saturated heterocycles. The second-order valence-corrected chi connectivity index (χ2v) is 3.52. The number of nitrogens with one attached hydrogen (secondary N) is 1. The fourth-order valence-corrected chi connectivity index (χ4v) is 1.39. The molecule has 0 amide bonds. The number of methoxy groups -OCH3 is 1. The molecule has 0 fully saturated rings. The molecule has 0 bridgehead atoms. The van der Waals surface area contributed by atoms with Crippen LogP contribution in [-0.2, 0) is 11.3 Å². The van der Waals surface area contributed by atoms with Crippen molar-refractivity contribution in [3.05, 3.63) is 32.1 Å². The van der Waals surface area contributed by atoms with Gasteiger partial charge in [-0.05, 0) is 12.8 Å². The van der Waals surface area contributed by atoms with Crippen molar-refractivity contribution < 1.29 is 4.74 Å². The zero-order chi connectivity index (χ0) is 11.3. The van der Waals surface area contributed by atoms with Gasteiger partial charge in [0.25, 0.3) is 5.56 Å². The first-order chi connectivity index (χ1) is 7.15. The van der Waals surface area contributed by atoms with Gasteiger partial charge in [0.1, 0.15) is 5.15 Å². The van der Waals surface area contributed by atoms with Crippen molar-refractivity contribution in [2.45, 2.75) is 19.4 Å². The molecule has 0 saturated carbocycles. The smallest absolute Gasteiger partial charge is 0.329 e. The lowest BCUT2D eigenvalue weighted by atomic mass is 10.3. The van der Waals surface area contributed by atoms with Crippen LogP contribution in [0.2, 0.25) is 5.15 Å². The Morgan fingerprint density at radius 1 is 1.47 bits per heavy atom. The van der Waals surface area contributed by atoms with E-state index in [1.54, 1.807) is 7.11 Å². The maximum atomic E-state index is 11.4. The molecule has 0 aliphatic rings. The van der Waals surface area contributed by atoms with Crippen molar-refractivity contribution in [3.8, 4) is 0 Å². The van der Waals surface area contributed by atoms with Crippen LogP contribution in [0, 0.1) is 0 Å². The molecule has 6 heteroatoms. The quantitative estimate of drug-likeness (QED) is 0.598. The summed E-state index contributed by atoms with van der Waals surface area (Å²) in [5.74, 6) is 0. The van der Waals surface area contributed by atoms with E-state index in [0.717, 1.165) is 17.4 Å². The molecular weight excluding hydrogens is 220 g/mol. The highest BCUT2D eigenvalue weighted by atomic mass is 35.5. The molecular formula is C9H13ClN2O3. The summed E-state index contributed by atoms with van der Waals surface area (Å²) in [6.07, 6.45) is 1.53. The van der Waals surface area contributed by atoms with E-state index in [2.05, 4.69) is 4.98 Å². The zero-order valence-electron chi connectivity index (χ0n) is 8.46. The summed E-state index contributed by atoms with van der Waals surface area (Å²) >= 11 is 5.52. The molecule has 1 N–H and O–H groups in total. The molecule has 1 heterocycles. The van der Waals surface area contributed by atoms with Gasteiger partial charge in [0, 0.05) is 26.3 Å². The van der Waals surface area contributed by atoms with Crippen LogP contribution >= 0.6 is 11.6 Å². The van der Waals surface area contributed by atoms with Crippen LogP contribution in [0.4, 0.5) is 0 Å². The Bertz CT molecular complexity index is 393. The summed E-state index contributed by atoms with van der Waals surface area (Å²) in [5, 5.41) is 0.0677. The number of unbranched alkanes of at least 4 members (excludes halogenated alkanes) is 1. The molecule has 0 aromatic carbocycles. The van der Waals surface area contributed by atoms with E-state index >= 15 is 0 Å². The minimum Gasteiger partial charge on any atom is -0.385 e. The molecule has 15 heavy (non-hydrogen) atoms. The second-order valence-electron chi connectivity index (χ2n) is 3.11. The highest BCUT2D eigenvalue weighted by Gasteiger charge is 2.02. The summed E-state index contributed by atoms with van der Waals surface area (Å²) in [5.41, 5.74) is -0.842. The van der Waals surface area contributed by atoms with E-state index in [1.807, 2.05) is 0 Å². The Morgan fingerprint density at radius 2 is 2.20 bits per heavy atom. The van der Waals surface area contributed by atoms with Crippen LogP contribution < -0.4 is 11.2 Å². The predicted octanol–water partition coefficient (Wildman–Crippen LogP) is 0.617. The lowest BCUT2D eigenvalue weighted by Gasteiger charge is -2.03. The number of hydrogen-bond donors (Lipinski definition) is 1. The molecule has 0 aliphatic carbocycles. The Hall–Kier alpha value is -1.07. The number of hydrogen-bond acceptors (Lipinski definition) is 3. The van der Waals surface area contributed by atoms with Crippen LogP contribution in [0.15, 0.2) is 15.7 Å². The van der Waals surface area contributed by atoms with Crippen molar-refractivity contribution in [3.63, 3.8) is 0 Å². The third-order valence-corrected chi connectivity index (χ3v) is 2.17. The van der Waals surface area contributed by atoms with Gasteiger partial charge in [0.15, 0.2) is 0 Å². The topological polar surface area (TPSA) is 64.1 Å². The minimum atomic E-state index is -0.468. The zero-order valence-corrected chi connectivity index (χ0v) is 9.21. The van der Waals surface area contributed by atoms with Gasteiger partial charge in [-0.1, -0.05) is 11.6 Å². The van der Waals surface area contributed by atoms with Crippen molar-refractivity contribution in [2.75, 3.05) is 13.7 Å².